The van der Waals surface area contributed by atoms with Crippen molar-refractivity contribution in [1.82, 2.24) is 0 Å². The predicted octanol–water partition coefficient (Wildman–Crippen LogP) is 2.97. The molecule has 0 saturated heterocycles. The zero-order valence-corrected chi connectivity index (χ0v) is 13.5. The SMILES string of the molecule is CCC(OC(=O)c1cccc(OC)c1O)C(=O)Nc1ccccc1. The van der Waals surface area contributed by atoms with Crippen molar-refractivity contribution >= 4 is 17.6 Å². The molecule has 0 fully saturated rings. The summed E-state index contributed by atoms with van der Waals surface area (Å²) in [5.41, 5.74) is 0.557. The molecule has 126 valence electrons. The average Bonchev–Trinajstić information content (AvgIpc) is 2.60. The molecule has 0 heterocycles. The normalized spacial score (nSPS) is 11.4. The van der Waals surface area contributed by atoms with Gasteiger partial charge in [-0.2, -0.15) is 0 Å². The number of phenolic OH excluding ortho intramolecular Hbond substituents is 1. The standard InChI is InChI=1S/C18H19NO5/c1-3-14(17(21)19-12-8-5-4-6-9-12)24-18(22)13-10-7-11-15(23-2)16(13)20/h4-11,14,20H,3H2,1-2H3,(H,19,21). The van der Waals surface area contributed by atoms with Crippen molar-refractivity contribution in [2.75, 3.05) is 12.4 Å². The van der Waals surface area contributed by atoms with Crippen LogP contribution in [-0.2, 0) is 9.53 Å². The van der Waals surface area contributed by atoms with Crippen molar-refractivity contribution in [3.05, 3.63) is 54.1 Å². The number of methoxy groups -OCH3 is 1. The first kappa shape index (κ1) is 17.3. The van der Waals surface area contributed by atoms with Gasteiger partial charge in [0.05, 0.1) is 7.11 Å². The van der Waals surface area contributed by atoms with E-state index >= 15 is 0 Å². The van der Waals surface area contributed by atoms with E-state index in [9.17, 15) is 14.7 Å². The fourth-order valence-corrected chi connectivity index (χ4v) is 2.11. The van der Waals surface area contributed by atoms with Gasteiger partial charge in [0, 0.05) is 5.69 Å². The Morgan fingerprint density at radius 2 is 1.83 bits per heavy atom. The highest BCUT2D eigenvalue weighted by molar-refractivity contribution is 5.98. The summed E-state index contributed by atoms with van der Waals surface area (Å²) in [7, 11) is 1.38. The van der Waals surface area contributed by atoms with Crippen molar-refractivity contribution < 1.29 is 24.2 Å². The van der Waals surface area contributed by atoms with Crippen LogP contribution in [0.15, 0.2) is 48.5 Å². The van der Waals surface area contributed by atoms with Gasteiger partial charge in [-0.3, -0.25) is 4.79 Å². The highest BCUT2D eigenvalue weighted by atomic mass is 16.5. The monoisotopic (exact) mass is 329 g/mol. The quantitative estimate of drug-likeness (QED) is 0.796. The van der Waals surface area contributed by atoms with E-state index in [1.54, 1.807) is 37.3 Å². The lowest BCUT2D eigenvalue weighted by Gasteiger charge is -2.17. The lowest BCUT2D eigenvalue weighted by molar-refractivity contribution is -0.124. The molecule has 2 aromatic carbocycles. The second-order valence-corrected chi connectivity index (χ2v) is 5.01. The van der Waals surface area contributed by atoms with Crippen LogP contribution >= 0.6 is 0 Å². The number of carbonyl (C=O) groups is 2. The zero-order valence-electron chi connectivity index (χ0n) is 13.5. The van der Waals surface area contributed by atoms with Crippen LogP contribution in [0.25, 0.3) is 0 Å². The van der Waals surface area contributed by atoms with Crippen LogP contribution in [0.5, 0.6) is 11.5 Å². The van der Waals surface area contributed by atoms with E-state index in [1.807, 2.05) is 6.07 Å². The lowest BCUT2D eigenvalue weighted by Crippen LogP contribution is -2.32. The Kier molecular flexibility index (Phi) is 5.78. The number of rotatable bonds is 6. The number of hydrogen-bond acceptors (Lipinski definition) is 5. The number of phenols is 1. The molecule has 6 heteroatoms. The van der Waals surface area contributed by atoms with Gasteiger partial charge in [-0.1, -0.05) is 31.2 Å². The second kappa shape index (κ2) is 8.01. The highest BCUT2D eigenvalue weighted by Crippen LogP contribution is 2.30. The smallest absolute Gasteiger partial charge is 0.342 e. The Balaban J connectivity index is 2.09. The molecule has 6 nitrogen and oxygen atoms in total. The van der Waals surface area contributed by atoms with E-state index in [0.717, 1.165) is 0 Å². The van der Waals surface area contributed by atoms with E-state index in [1.165, 1.54) is 19.2 Å². The van der Waals surface area contributed by atoms with Gasteiger partial charge in [-0.25, -0.2) is 4.79 Å². The summed E-state index contributed by atoms with van der Waals surface area (Å²) in [5, 5.41) is 12.7. The third-order valence-corrected chi connectivity index (χ3v) is 3.39. The predicted molar refractivity (Wildman–Crippen MR) is 89.2 cm³/mol. The summed E-state index contributed by atoms with van der Waals surface area (Å²) in [6.45, 7) is 1.73. The van der Waals surface area contributed by atoms with Crippen LogP contribution in [0.3, 0.4) is 0 Å². The van der Waals surface area contributed by atoms with Gasteiger partial charge < -0.3 is 19.9 Å². The Bertz CT molecular complexity index is 715. The van der Waals surface area contributed by atoms with Gasteiger partial charge in [-0.05, 0) is 30.7 Å². The summed E-state index contributed by atoms with van der Waals surface area (Å²) in [6.07, 6.45) is -0.668. The zero-order chi connectivity index (χ0) is 17.5. The van der Waals surface area contributed by atoms with Gasteiger partial charge >= 0.3 is 5.97 Å². The Labute approximate surface area is 140 Å². The van der Waals surface area contributed by atoms with Crippen LogP contribution in [0, 0.1) is 0 Å². The first-order valence-electron chi connectivity index (χ1n) is 7.49. The number of anilines is 1. The van der Waals surface area contributed by atoms with Crippen molar-refractivity contribution in [3.8, 4) is 11.5 Å². The summed E-state index contributed by atoms with van der Waals surface area (Å²) in [4.78, 5) is 24.5. The minimum absolute atomic E-state index is 0.0553. The summed E-state index contributed by atoms with van der Waals surface area (Å²) in [6, 6.07) is 13.4. The maximum atomic E-state index is 12.2. The van der Waals surface area contributed by atoms with Crippen molar-refractivity contribution in [2.45, 2.75) is 19.4 Å². The lowest BCUT2D eigenvalue weighted by atomic mass is 10.2. The topological polar surface area (TPSA) is 84.9 Å². The number of carbonyl (C=O) groups excluding carboxylic acids is 2. The molecule has 0 aliphatic rings. The largest absolute Gasteiger partial charge is 0.504 e. The minimum Gasteiger partial charge on any atom is -0.504 e. The van der Waals surface area contributed by atoms with Gasteiger partial charge in [0.2, 0.25) is 0 Å². The Morgan fingerprint density at radius 3 is 2.46 bits per heavy atom. The van der Waals surface area contributed by atoms with E-state index < -0.39 is 18.0 Å². The second-order valence-electron chi connectivity index (χ2n) is 5.01. The van der Waals surface area contributed by atoms with Crippen LogP contribution < -0.4 is 10.1 Å². The highest BCUT2D eigenvalue weighted by Gasteiger charge is 2.24. The van der Waals surface area contributed by atoms with Crippen LogP contribution in [0.2, 0.25) is 0 Å². The molecule has 2 rings (SSSR count). The first-order chi connectivity index (χ1) is 11.6. The van der Waals surface area contributed by atoms with E-state index in [4.69, 9.17) is 9.47 Å². The van der Waals surface area contributed by atoms with Gasteiger partial charge in [0.15, 0.2) is 17.6 Å². The number of para-hydroxylation sites is 2. The van der Waals surface area contributed by atoms with Gasteiger partial charge in [-0.15, -0.1) is 0 Å². The number of amides is 1. The minimum atomic E-state index is -0.969. The fraction of sp³-hybridized carbons (Fsp3) is 0.222. The molecule has 2 N–H and O–H groups in total. The van der Waals surface area contributed by atoms with E-state index in [2.05, 4.69) is 5.32 Å². The van der Waals surface area contributed by atoms with Crippen molar-refractivity contribution in [2.24, 2.45) is 0 Å². The third kappa shape index (κ3) is 4.04. The summed E-state index contributed by atoms with van der Waals surface area (Å²) >= 11 is 0. The number of esters is 1. The maximum Gasteiger partial charge on any atom is 0.342 e. The average molecular weight is 329 g/mol. The fourth-order valence-electron chi connectivity index (χ4n) is 2.11. The molecule has 0 aliphatic carbocycles. The van der Waals surface area contributed by atoms with Crippen LogP contribution in [0.1, 0.15) is 23.7 Å². The Hall–Kier alpha value is -3.02. The number of benzene rings is 2. The molecule has 1 amide bonds. The molecule has 1 unspecified atom stereocenters. The first-order valence-corrected chi connectivity index (χ1v) is 7.49. The molecular formula is C18H19NO5. The molecule has 2 aromatic rings. The van der Waals surface area contributed by atoms with Crippen LogP contribution in [-0.4, -0.2) is 30.2 Å². The number of nitrogens with one attached hydrogen (secondary N) is 1. The molecule has 0 saturated carbocycles. The van der Waals surface area contributed by atoms with Crippen molar-refractivity contribution in [1.29, 1.82) is 0 Å². The summed E-state index contributed by atoms with van der Waals surface area (Å²) in [5.74, 6) is -1.38. The summed E-state index contributed by atoms with van der Waals surface area (Å²) < 4.78 is 10.2. The number of ether oxygens (including phenoxy) is 2. The van der Waals surface area contributed by atoms with E-state index in [-0.39, 0.29) is 17.1 Å². The molecule has 0 aliphatic heterocycles. The van der Waals surface area contributed by atoms with E-state index in [0.29, 0.717) is 12.1 Å². The number of aromatic hydroxyl groups is 1. The molecular weight excluding hydrogens is 310 g/mol. The molecule has 0 spiro atoms. The van der Waals surface area contributed by atoms with Gasteiger partial charge in [0.25, 0.3) is 5.91 Å². The number of hydrogen-bond donors (Lipinski definition) is 2. The van der Waals surface area contributed by atoms with Crippen molar-refractivity contribution in [3.63, 3.8) is 0 Å². The maximum absolute atomic E-state index is 12.2. The molecule has 1 atom stereocenters. The molecule has 0 bridgehead atoms. The van der Waals surface area contributed by atoms with Gasteiger partial charge in [0.1, 0.15) is 5.56 Å². The Morgan fingerprint density at radius 1 is 1.12 bits per heavy atom. The molecule has 0 radical (unpaired) electrons. The van der Waals surface area contributed by atoms with Crippen LogP contribution in [0.4, 0.5) is 5.69 Å². The molecule has 24 heavy (non-hydrogen) atoms. The third-order valence-electron chi connectivity index (χ3n) is 3.39. The molecule has 0 aromatic heterocycles.